The molecule has 1 saturated heterocycles. The number of benzene rings is 1. The van der Waals surface area contributed by atoms with Crippen LogP contribution >= 0.6 is 11.8 Å². The maximum atomic E-state index is 13.1. The molecule has 3 rings (SSSR count). The number of hydrogen-bond acceptors (Lipinski definition) is 6. The van der Waals surface area contributed by atoms with Crippen molar-refractivity contribution < 1.29 is 22.7 Å². The molecule has 1 aromatic carbocycles. The molecular formula is C19H17F3N4O2S. The number of nitriles is 1. The largest absolute Gasteiger partial charge is 0.416 e. The predicted octanol–water partition coefficient (Wildman–Crippen LogP) is 3.54. The summed E-state index contributed by atoms with van der Waals surface area (Å²) in [5.74, 6) is -0.520. The molecule has 152 valence electrons. The molecule has 2 aromatic rings. The molecule has 1 fully saturated rings. The number of halogens is 3. The summed E-state index contributed by atoms with van der Waals surface area (Å²) in [5.41, 5.74) is 0.201. The van der Waals surface area contributed by atoms with E-state index in [1.54, 1.807) is 12.1 Å². The molecule has 1 N–H and O–H groups in total. The first-order valence-corrected chi connectivity index (χ1v) is 9.68. The molecule has 0 atom stereocenters. The number of ether oxygens (including phenoxy) is 1. The van der Waals surface area contributed by atoms with E-state index < -0.39 is 17.6 Å². The van der Waals surface area contributed by atoms with E-state index in [-0.39, 0.29) is 11.4 Å². The molecule has 0 aliphatic carbocycles. The fourth-order valence-corrected chi connectivity index (χ4v) is 3.47. The maximum absolute atomic E-state index is 13.1. The highest BCUT2D eigenvalue weighted by Crippen LogP contribution is 2.36. The van der Waals surface area contributed by atoms with Crippen molar-refractivity contribution in [3.8, 4) is 6.07 Å². The number of carbonyl (C=O) groups excluding carboxylic acids is 1. The molecule has 1 aliphatic rings. The summed E-state index contributed by atoms with van der Waals surface area (Å²) in [6.07, 6.45) is -3.05. The second-order valence-corrected chi connectivity index (χ2v) is 7.16. The molecular weight excluding hydrogens is 405 g/mol. The van der Waals surface area contributed by atoms with Crippen LogP contribution in [0.4, 0.5) is 24.5 Å². The Bertz CT molecular complexity index is 924. The molecule has 1 aliphatic heterocycles. The second kappa shape index (κ2) is 9.15. The average Bonchev–Trinajstić information content (AvgIpc) is 2.72. The number of aromatic nitrogens is 1. The van der Waals surface area contributed by atoms with Crippen LogP contribution in [0.3, 0.4) is 0 Å². The Labute approximate surface area is 169 Å². The lowest BCUT2D eigenvalue weighted by atomic mass is 10.1. The van der Waals surface area contributed by atoms with Gasteiger partial charge in [-0.2, -0.15) is 18.4 Å². The average molecular weight is 422 g/mol. The van der Waals surface area contributed by atoms with Crippen molar-refractivity contribution in [2.75, 3.05) is 42.3 Å². The van der Waals surface area contributed by atoms with Crippen LogP contribution in [-0.4, -0.2) is 42.9 Å². The van der Waals surface area contributed by atoms with Gasteiger partial charge in [0.2, 0.25) is 5.91 Å². The first-order chi connectivity index (χ1) is 13.9. The Kier molecular flexibility index (Phi) is 6.61. The zero-order valence-corrected chi connectivity index (χ0v) is 16.0. The third kappa shape index (κ3) is 5.62. The van der Waals surface area contributed by atoms with Gasteiger partial charge in [0, 0.05) is 19.3 Å². The molecule has 0 unspecified atom stereocenters. The lowest BCUT2D eigenvalue weighted by molar-refractivity contribution is -0.137. The van der Waals surface area contributed by atoms with Crippen molar-refractivity contribution in [3.05, 3.63) is 47.7 Å². The summed E-state index contributed by atoms with van der Waals surface area (Å²) in [6.45, 7) is 1.97. The number of nitrogens with zero attached hydrogens (tertiary/aromatic N) is 3. The Hall–Kier alpha value is -2.77. The lowest BCUT2D eigenvalue weighted by Gasteiger charge is -2.31. The van der Waals surface area contributed by atoms with Crippen LogP contribution in [0.2, 0.25) is 0 Å². The van der Waals surface area contributed by atoms with Gasteiger partial charge in [0.05, 0.1) is 52.6 Å². The van der Waals surface area contributed by atoms with Gasteiger partial charge in [-0.1, -0.05) is 11.8 Å². The Morgan fingerprint density at radius 1 is 1.28 bits per heavy atom. The highest BCUT2D eigenvalue weighted by molar-refractivity contribution is 7.99. The molecule has 0 spiro atoms. The maximum Gasteiger partial charge on any atom is 0.416 e. The normalized spacial score (nSPS) is 14.3. The van der Waals surface area contributed by atoms with Crippen molar-refractivity contribution in [2.24, 2.45) is 0 Å². The van der Waals surface area contributed by atoms with E-state index in [4.69, 9.17) is 10.00 Å². The van der Waals surface area contributed by atoms with Gasteiger partial charge < -0.3 is 15.0 Å². The summed E-state index contributed by atoms with van der Waals surface area (Å²) in [4.78, 5) is 18.3. The first kappa shape index (κ1) is 21.0. The molecule has 2 heterocycles. The van der Waals surface area contributed by atoms with Crippen molar-refractivity contribution in [2.45, 2.75) is 11.2 Å². The third-order valence-corrected chi connectivity index (χ3v) is 5.09. The van der Waals surface area contributed by atoms with Gasteiger partial charge in [-0.15, -0.1) is 0 Å². The number of nitrogens with one attached hydrogen (secondary N) is 1. The van der Waals surface area contributed by atoms with E-state index in [2.05, 4.69) is 10.3 Å². The van der Waals surface area contributed by atoms with Gasteiger partial charge in [0.25, 0.3) is 0 Å². The highest BCUT2D eigenvalue weighted by atomic mass is 32.2. The van der Waals surface area contributed by atoms with E-state index in [1.165, 1.54) is 12.3 Å². The highest BCUT2D eigenvalue weighted by Gasteiger charge is 2.32. The van der Waals surface area contributed by atoms with Gasteiger partial charge in [-0.25, -0.2) is 4.98 Å². The fraction of sp³-hybridized carbons (Fsp3) is 0.316. The number of rotatable bonds is 5. The smallest absolute Gasteiger partial charge is 0.378 e. The standard InChI is InChI=1S/C19H17F3N4O2S/c20-19(21,22)14-1-2-16(26-5-7-28-8-6-26)15(10-14)25-17(27)12-29-18-9-13(11-23)3-4-24-18/h1-4,9-10H,5-8,12H2,(H,25,27). The van der Waals surface area contributed by atoms with Crippen molar-refractivity contribution in [1.82, 2.24) is 4.98 Å². The van der Waals surface area contributed by atoms with Gasteiger partial charge in [-0.05, 0) is 30.3 Å². The molecule has 0 saturated carbocycles. The van der Waals surface area contributed by atoms with Crippen LogP contribution in [0.25, 0.3) is 0 Å². The summed E-state index contributed by atoms with van der Waals surface area (Å²) < 4.78 is 44.7. The van der Waals surface area contributed by atoms with Gasteiger partial charge >= 0.3 is 6.18 Å². The molecule has 0 bridgehead atoms. The van der Waals surface area contributed by atoms with Crippen LogP contribution in [0.5, 0.6) is 0 Å². The quantitative estimate of drug-likeness (QED) is 0.743. The number of morpholine rings is 1. The Morgan fingerprint density at radius 2 is 2.03 bits per heavy atom. The van der Waals surface area contributed by atoms with Crippen molar-refractivity contribution >= 4 is 29.0 Å². The van der Waals surface area contributed by atoms with Gasteiger partial charge in [0.1, 0.15) is 0 Å². The molecule has 1 aromatic heterocycles. The number of pyridine rings is 1. The predicted molar refractivity (Wildman–Crippen MR) is 103 cm³/mol. The topological polar surface area (TPSA) is 78.2 Å². The van der Waals surface area contributed by atoms with E-state index >= 15 is 0 Å². The van der Waals surface area contributed by atoms with Crippen LogP contribution in [0, 0.1) is 11.3 Å². The summed E-state index contributed by atoms with van der Waals surface area (Å²) in [7, 11) is 0. The van der Waals surface area contributed by atoms with Crippen LogP contribution in [0.15, 0.2) is 41.6 Å². The fourth-order valence-electron chi connectivity index (χ4n) is 2.78. The first-order valence-electron chi connectivity index (χ1n) is 8.69. The van der Waals surface area contributed by atoms with E-state index in [9.17, 15) is 18.0 Å². The SMILES string of the molecule is N#Cc1ccnc(SCC(=O)Nc2cc(C(F)(F)F)ccc2N2CCOCC2)c1. The summed E-state index contributed by atoms with van der Waals surface area (Å²) >= 11 is 1.10. The Balaban J connectivity index is 1.76. The van der Waals surface area contributed by atoms with Gasteiger partial charge in [0.15, 0.2) is 0 Å². The number of anilines is 2. The van der Waals surface area contributed by atoms with Crippen LogP contribution < -0.4 is 10.2 Å². The number of amides is 1. The minimum absolute atomic E-state index is 0.0549. The summed E-state index contributed by atoms with van der Waals surface area (Å²) in [6, 6.07) is 8.39. The zero-order valence-electron chi connectivity index (χ0n) is 15.2. The van der Waals surface area contributed by atoms with Gasteiger partial charge in [-0.3, -0.25) is 4.79 Å². The van der Waals surface area contributed by atoms with E-state index in [0.717, 1.165) is 23.9 Å². The molecule has 29 heavy (non-hydrogen) atoms. The second-order valence-electron chi connectivity index (χ2n) is 6.16. The number of carbonyl (C=O) groups is 1. The molecule has 10 heteroatoms. The number of thioether (sulfide) groups is 1. The van der Waals surface area contributed by atoms with Crippen molar-refractivity contribution in [1.29, 1.82) is 5.26 Å². The molecule has 1 amide bonds. The molecule has 0 radical (unpaired) electrons. The minimum atomic E-state index is -4.51. The Morgan fingerprint density at radius 3 is 2.72 bits per heavy atom. The van der Waals surface area contributed by atoms with E-state index in [0.29, 0.717) is 42.6 Å². The van der Waals surface area contributed by atoms with Crippen molar-refractivity contribution in [3.63, 3.8) is 0 Å². The van der Waals surface area contributed by atoms with Crippen LogP contribution in [-0.2, 0) is 15.7 Å². The van der Waals surface area contributed by atoms with E-state index in [1.807, 2.05) is 11.0 Å². The minimum Gasteiger partial charge on any atom is -0.378 e. The third-order valence-electron chi connectivity index (χ3n) is 4.16. The zero-order chi connectivity index (χ0) is 20.9. The number of alkyl halides is 3. The monoisotopic (exact) mass is 422 g/mol. The molecule has 6 nitrogen and oxygen atoms in total. The number of hydrogen-bond donors (Lipinski definition) is 1. The lowest BCUT2D eigenvalue weighted by Crippen LogP contribution is -2.37. The summed E-state index contributed by atoms with van der Waals surface area (Å²) in [5, 5.41) is 12.0. The van der Waals surface area contributed by atoms with Crippen LogP contribution in [0.1, 0.15) is 11.1 Å².